The molecule has 0 spiro atoms. The average molecular weight is 366 g/mol. The Kier molecular flexibility index (Phi) is 6.30. The fraction of sp³-hybridized carbons (Fsp3) is 0.333. The predicted octanol–water partition coefficient (Wildman–Crippen LogP) is 2.12. The highest BCUT2D eigenvalue weighted by Gasteiger charge is 2.25. The summed E-state index contributed by atoms with van der Waals surface area (Å²) in [6, 6.07) is 18.3. The lowest BCUT2D eigenvalue weighted by atomic mass is 9.99. The van der Waals surface area contributed by atoms with Crippen LogP contribution in [0.25, 0.3) is 0 Å². The first-order chi connectivity index (χ1) is 13.2. The van der Waals surface area contributed by atoms with Crippen molar-refractivity contribution in [2.75, 3.05) is 26.7 Å². The Balaban J connectivity index is 1.55. The van der Waals surface area contributed by atoms with E-state index in [1.54, 1.807) is 0 Å². The van der Waals surface area contributed by atoms with Gasteiger partial charge in [-0.1, -0.05) is 42.5 Å². The number of nitrogens with two attached hydrogens (primary N) is 1. The van der Waals surface area contributed by atoms with Crippen molar-refractivity contribution in [3.05, 3.63) is 65.7 Å². The Morgan fingerprint density at radius 2 is 2.07 bits per heavy atom. The minimum atomic E-state index is -0.485. The molecule has 1 heterocycles. The van der Waals surface area contributed by atoms with Crippen molar-refractivity contribution in [1.82, 2.24) is 10.2 Å². The lowest BCUT2D eigenvalue weighted by Crippen LogP contribution is -2.39. The maximum absolute atomic E-state index is 10.9. The fourth-order valence-electron chi connectivity index (χ4n) is 3.36. The Morgan fingerprint density at radius 1 is 1.26 bits per heavy atom. The van der Waals surface area contributed by atoms with Crippen LogP contribution in [0.2, 0.25) is 0 Å². The third-order valence-corrected chi connectivity index (χ3v) is 4.70. The Hall–Kier alpha value is -3.02. The molecular formula is C21H26N4O2. The van der Waals surface area contributed by atoms with Crippen LogP contribution in [-0.2, 0) is 11.3 Å². The summed E-state index contributed by atoms with van der Waals surface area (Å²) in [5, 5.41) is 3.42. The van der Waals surface area contributed by atoms with E-state index in [-0.39, 0.29) is 6.61 Å². The summed E-state index contributed by atoms with van der Waals surface area (Å²) >= 11 is 0. The van der Waals surface area contributed by atoms with Gasteiger partial charge in [0.25, 0.3) is 5.91 Å². The van der Waals surface area contributed by atoms with E-state index in [2.05, 4.69) is 45.5 Å². The second-order valence-electron chi connectivity index (χ2n) is 6.65. The number of nitrogens with zero attached hydrogens (tertiary/aromatic N) is 2. The number of hydrogen-bond acceptors (Lipinski definition) is 3. The molecule has 27 heavy (non-hydrogen) atoms. The summed E-state index contributed by atoms with van der Waals surface area (Å²) in [5.41, 5.74) is 7.56. The quantitative estimate of drug-likeness (QED) is 0.606. The van der Waals surface area contributed by atoms with Crippen molar-refractivity contribution < 1.29 is 9.53 Å². The SMILES string of the molecule is CN=C(NCc1cccc(OCC(N)=O)c1)N1CCC(c2ccccc2)C1. The summed E-state index contributed by atoms with van der Waals surface area (Å²) in [4.78, 5) is 17.6. The zero-order chi connectivity index (χ0) is 19.1. The van der Waals surface area contributed by atoms with Crippen molar-refractivity contribution in [3.63, 3.8) is 0 Å². The zero-order valence-corrected chi connectivity index (χ0v) is 15.6. The molecule has 1 saturated heterocycles. The van der Waals surface area contributed by atoms with Crippen LogP contribution in [0.5, 0.6) is 5.75 Å². The number of carbonyl (C=O) groups is 1. The number of benzene rings is 2. The van der Waals surface area contributed by atoms with E-state index in [0.717, 1.165) is 31.0 Å². The lowest BCUT2D eigenvalue weighted by Gasteiger charge is -2.22. The van der Waals surface area contributed by atoms with Gasteiger partial charge in [0.15, 0.2) is 12.6 Å². The summed E-state index contributed by atoms with van der Waals surface area (Å²) in [6.45, 7) is 2.46. The number of rotatable bonds is 6. The number of carbonyl (C=O) groups excluding carboxylic acids is 1. The largest absolute Gasteiger partial charge is 0.484 e. The summed E-state index contributed by atoms with van der Waals surface area (Å²) in [7, 11) is 1.81. The van der Waals surface area contributed by atoms with Gasteiger partial charge in [0.05, 0.1) is 0 Å². The molecule has 1 fully saturated rings. The van der Waals surface area contributed by atoms with E-state index in [1.165, 1.54) is 5.56 Å². The smallest absolute Gasteiger partial charge is 0.255 e. The predicted molar refractivity (Wildman–Crippen MR) is 107 cm³/mol. The van der Waals surface area contributed by atoms with Crippen LogP contribution in [-0.4, -0.2) is 43.5 Å². The zero-order valence-electron chi connectivity index (χ0n) is 15.6. The second-order valence-corrected chi connectivity index (χ2v) is 6.65. The van der Waals surface area contributed by atoms with E-state index >= 15 is 0 Å². The van der Waals surface area contributed by atoms with Crippen LogP contribution in [0.3, 0.4) is 0 Å². The molecule has 2 aromatic carbocycles. The molecular weight excluding hydrogens is 340 g/mol. The first-order valence-corrected chi connectivity index (χ1v) is 9.16. The van der Waals surface area contributed by atoms with Crippen LogP contribution >= 0.6 is 0 Å². The third-order valence-electron chi connectivity index (χ3n) is 4.70. The van der Waals surface area contributed by atoms with E-state index < -0.39 is 5.91 Å². The summed E-state index contributed by atoms with van der Waals surface area (Å²) in [5.74, 6) is 1.58. The molecule has 6 nitrogen and oxygen atoms in total. The van der Waals surface area contributed by atoms with Crippen LogP contribution < -0.4 is 15.8 Å². The number of primary amides is 1. The number of ether oxygens (including phenoxy) is 1. The lowest BCUT2D eigenvalue weighted by molar-refractivity contribution is -0.119. The van der Waals surface area contributed by atoms with Gasteiger partial charge in [-0.15, -0.1) is 0 Å². The minimum Gasteiger partial charge on any atom is -0.484 e. The Morgan fingerprint density at radius 3 is 2.81 bits per heavy atom. The maximum atomic E-state index is 10.9. The average Bonchev–Trinajstić information content (AvgIpc) is 3.18. The summed E-state index contributed by atoms with van der Waals surface area (Å²) in [6.07, 6.45) is 1.13. The van der Waals surface area contributed by atoms with Gasteiger partial charge < -0.3 is 20.7 Å². The van der Waals surface area contributed by atoms with E-state index in [4.69, 9.17) is 10.5 Å². The molecule has 3 rings (SSSR count). The molecule has 142 valence electrons. The highest BCUT2D eigenvalue weighted by Crippen LogP contribution is 2.26. The Labute approximate surface area is 160 Å². The molecule has 1 amide bonds. The number of hydrogen-bond donors (Lipinski definition) is 2. The molecule has 2 aromatic rings. The normalized spacial score (nSPS) is 17.0. The molecule has 1 atom stereocenters. The van der Waals surface area contributed by atoms with Gasteiger partial charge in [-0.25, -0.2) is 0 Å². The highest BCUT2D eigenvalue weighted by molar-refractivity contribution is 5.80. The molecule has 1 aliphatic rings. The van der Waals surface area contributed by atoms with Gasteiger partial charge in [0.1, 0.15) is 5.75 Å². The molecule has 1 aliphatic heterocycles. The number of amides is 1. The van der Waals surface area contributed by atoms with E-state index in [0.29, 0.717) is 18.2 Å². The number of likely N-dealkylation sites (tertiary alicyclic amines) is 1. The van der Waals surface area contributed by atoms with Gasteiger partial charge >= 0.3 is 0 Å². The summed E-state index contributed by atoms with van der Waals surface area (Å²) < 4.78 is 5.36. The van der Waals surface area contributed by atoms with Crippen molar-refractivity contribution in [2.24, 2.45) is 10.7 Å². The number of guanidine groups is 1. The molecule has 0 aliphatic carbocycles. The molecule has 0 radical (unpaired) electrons. The van der Waals surface area contributed by atoms with Crippen molar-refractivity contribution >= 4 is 11.9 Å². The van der Waals surface area contributed by atoms with Crippen molar-refractivity contribution in [3.8, 4) is 5.75 Å². The van der Waals surface area contributed by atoms with Gasteiger partial charge in [-0.2, -0.15) is 0 Å². The van der Waals surface area contributed by atoms with Gasteiger partial charge in [-0.3, -0.25) is 9.79 Å². The topological polar surface area (TPSA) is 80.0 Å². The monoisotopic (exact) mass is 366 g/mol. The van der Waals surface area contributed by atoms with E-state index in [1.807, 2.05) is 31.3 Å². The molecule has 1 unspecified atom stereocenters. The first-order valence-electron chi connectivity index (χ1n) is 9.16. The Bertz CT molecular complexity index is 792. The van der Waals surface area contributed by atoms with Crippen LogP contribution in [0.1, 0.15) is 23.5 Å². The van der Waals surface area contributed by atoms with Crippen molar-refractivity contribution in [1.29, 1.82) is 0 Å². The van der Waals surface area contributed by atoms with Gasteiger partial charge in [0, 0.05) is 32.6 Å². The highest BCUT2D eigenvalue weighted by atomic mass is 16.5. The van der Waals surface area contributed by atoms with Crippen LogP contribution in [0.4, 0.5) is 0 Å². The van der Waals surface area contributed by atoms with Gasteiger partial charge in [0.2, 0.25) is 0 Å². The minimum absolute atomic E-state index is 0.118. The third kappa shape index (κ3) is 5.23. The second kappa shape index (κ2) is 9.07. The van der Waals surface area contributed by atoms with Gasteiger partial charge in [-0.05, 0) is 29.7 Å². The fourth-order valence-corrected chi connectivity index (χ4v) is 3.36. The van der Waals surface area contributed by atoms with E-state index in [9.17, 15) is 4.79 Å². The standard InChI is InChI=1S/C21H26N4O2/c1-23-21(25-11-10-18(14-25)17-7-3-2-4-8-17)24-13-16-6-5-9-19(12-16)27-15-20(22)26/h2-9,12,18H,10-11,13-15H2,1H3,(H2,22,26)(H,23,24). The molecule has 0 saturated carbocycles. The van der Waals surface area contributed by atoms with Crippen LogP contribution in [0, 0.1) is 0 Å². The molecule has 0 bridgehead atoms. The van der Waals surface area contributed by atoms with Crippen molar-refractivity contribution in [2.45, 2.75) is 18.9 Å². The first kappa shape index (κ1) is 18.8. The maximum Gasteiger partial charge on any atom is 0.255 e. The molecule has 0 aromatic heterocycles. The molecule has 3 N–H and O–H groups in total. The number of nitrogens with one attached hydrogen (secondary N) is 1. The van der Waals surface area contributed by atoms with Crippen LogP contribution in [0.15, 0.2) is 59.6 Å². The molecule has 6 heteroatoms. The number of aliphatic imine (C=N–C) groups is 1.